The molecule has 2 atom stereocenters. The van der Waals surface area contributed by atoms with Crippen LogP contribution in [0.2, 0.25) is 0 Å². The molecule has 3 N–H and O–H groups in total. The van der Waals surface area contributed by atoms with Crippen LogP contribution in [-0.2, 0) is 0 Å². The number of urea groups is 1. The van der Waals surface area contributed by atoms with Crippen LogP contribution in [0.5, 0.6) is 0 Å². The number of rotatable bonds is 3. The summed E-state index contributed by atoms with van der Waals surface area (Å²) in [5, 5.41) is 14.0. The van der Waals surface area contributed by atoms with Crippen molar-refractivity contribution >= 4 is 11.7 Å². The van der Waals surface area contributed by atoms with E-state index in [1.54, 1.807) is 6.07 Å². The number of halogens is 1. The summed E-state index contributed by atoms with van der Waals surface area (Å²) in [5.41, 5.74) is 0.415. The van der Waals surface area contributed by atoms with Crippen LogP contribution in [0, 0.1) is 11.7 Å². The van der Waals surface area contributed by atoms with Crippen molar-refractivity contribution in [3.8, 4) is 0 Å². The lowest BCUT2D eigenvalue weighted by atomic mass is 10.3. The molecule has 1 fully saturated rings. The van der Waals surface area contributed by atoms with E-state index in [1.165, 1.54) is 18.2 Å². The molecular weight excluding hydrogens is 211 g/mol. The summed E-state index contributed by atoms with van der Waals surface area (Å²) in [6.07, 6.45) is 0.799. The van der Waals surface area contributed by atoms with Crippen LogP contribution in [0.1, 0.15) is 6.42 Å². The van der Waals surface area contributed by atoms with Gasteiger partial charge in [-0.05, 0) is 24.6 Å². The summed E-state index contributed by atoms with van der Waals surface area (Å²) in [5.74, 6) is -0.226. The van der Waals surface area contributed by atoms with Gasteiger partial charge in [-0.1, -0.05) is 6.07 Å². The van der Waals surface area contributed by atoms with Crippen LogP contribution < -0.4 is 10.6 Å². The number of hydrogen-bond acceptors (Lipinski definition) is 2. The first-order valence-corrected chi connectivity index (χ1v) is 5.13. The van der Waals surface area contributed by atoms with E-state index in [4.69, 9.17) is 5.11 Å². The normalized spacial score (nSPS) is 22.6. The Hall–Kier alpha value is -1.62. The Bertz CT molecular complexity index is 397. The molecule has 0 bridgehead atoms. The van der Waals surface area contributed by atoms with Crippen molar-refractivity contribution in [1.29, 1.82) is 0 Å². The topological polar surface area (TPSA) is 61.4 Å². The van der Waals surface area contributed by atoms with Gasteiger partial charge < -0.3 is 15.7 Å². The zero-order valence-electron chi connectivity index (χ0n) is 8.61. The van der Waals surface area contributed by atoms with Crippen molar-refractivity contribution in [3.05, 3.63) is 30.1 Å². The highest BCUT2D eigenvalue weighted by atomic mass is 19.1. The van der Waals surface area contributed by atoms with Crippen LogP contribution in [0.4, 0.5) is 14.9 Å². The van der Waals surface area contributed by atoms with E-state index in [9.17, 15) is 9.18 Å². The molecule has 1 aliphatic carbocycles. The van der Waals surface area contributed by atoms with E-state index in [2.05, 4.69) is 10.6 Å². The summed E-state index contributed by atoms with van der Waals surface area (Å²) in [4.78, 5) is 11.4. The summed E-state index contributed by atoms with van der Waals surface area (Å²) in [7, 11) is 0. The Labute approximate surface area is 92.5 Å². The maximum absolute atomic E-state index is 12.8. The molecule has 1 aromatic rings. The van der Waals surface area contributed by atoms with Gasteiger partial charge in [-0.2, -0.15) is 0 Å². The second-order valence-corrected chi connectivity index (χ2v) is 3.89. The molecule has 1 saturated carbocycles. The molecule has 1 aromatic carbocycles. The molecule has 0 aromatic heterocycles. The highest BCUT2D eigenvalue weighted by Gasteiger charge is 2.37. The van der Waals surface area contributed by atoms with E-state index in [0.717, 1.165) is 6.42 Å². The molecule has 0 heterocycles. The molecule has 0 saturated heterocycles. The molecule has 0 radical (unpaired) electrons. The van der Waals surface area contributed by atoms with Crippen molar-refractivity contribution in [2.75, 3.05) is 11.9 Å². The lowest BCUT2D eigenvalue weighted by molar-refractivity contribution is 0.247. The average molecular weight is 224 g/mol. The van der Waals surface area contributed by atoms with Crippen LogP contribution in [0.15, 0.2) is 24.3 Å². The maximum atomic E-state index is 12.8. The molecule has 2 rings (SSSR count). The smallest absolute Gasteiger partial charge is 0.319 e. The van der Waals surface area contributed by atoms with Gasteiger partial charge in [0.15, 0.2) is 0 Å². The standard InChI is InChI=1S/C11H13FN2O2/c12-8-2-1-3-9(5-8)13-11(16)14-10-4-7(10)6-15/h1-3,5,7,10,15H,4,6H2,(H2,13,14,16)/t7-,10+/m0/s1. The van der Waals surface area contributed by atoms with Gasteiger partial charge in [0, 0.05) is 24.3 Å². The van der Waals surface area contributed by atoms with Crippen LogP contribution in [-0.4, -0.2) is 23.8 Å². The fraction of sp³-hybridized carbons (Fsp3) is 0.364. The Kier molecular flexibility index (Phi) is 3.05. The van der Waals surface area contributed by atoms with Crippen LogP contribution in [0.25, 0.3) is 0 Å². The predicted molar refractivity (Wildman–Crippen MR) is 57.5 cm³/mol. The van der Waals surface area contributed by atoms with Crippen molar-refractivity contribution in [3.63, 3.8) is 0 Å². The minimum atomic E-state index is -0.391. The summed E-state index contributed by atoms with van der Waals surface area (Å²) in [6, 6.07) is 5.37. The second-order valence-electron chi connectivity index (χ2n) is 3.89. The van der Waals surface area contributed by atoms with E-state index in [-0.39, 0.29) is 24.6 Å². The number of carbonyl (C=O) groups excluding carboxylic acids is 1. The molecule has 16 heavy (non-hydrogen) atoms. The van der Waals surface area contributed by atoms with E-state index in [1.807, 2.05) is 0 Å². The van der Waals surface area contributed by atoms with Crippen LogP contribution in [0.3, 0.4) is 0 Å². The predicted octanol–water partition coefficient (Wildman–Crippen LogP) is 1.33. The third-order valence-corrected chi connectivity index (χ3v) is 2.56. The first-order valence-electron chi connectivity index (χ1n) is 5.13. The zero-order chi connectivity index (χ0) is 11.5. The molecule has 0 spiro atoms. The fourth-order valence-corrected chi connectivity index (χ4v) is 1.53. The molecule has 0 unspecified atom stereocenters. The average Bonchev–Trinajstić information content (AvgIpc) is 2.96. The molecule has 2 amide bonds. The zero-order valence-corrected chi connectivity index (χ0v) is 8.61. The van der Waals surface area contributed by atoms with Gasteiger partial charge >= 0.3 is 6.03 Å². The Morgan fingerprint density at radius 3 is 3.00 bits per heavy atom. The number of anilines is 1. The van der Waals surface area contributed by atoms with Gasteiger partial charge in [0.25, 0.3) is 0 Å². The number of nitrogens with one attached hydrogen (secondary N) is 2. The van der Waals surface area contributed by atoms with Gasteiger partial charge in [-0.15, -0.1) is 0 Å². The van der Waals surface area contributed by atoms with Crippen molar-refractivity contribution in [2.45, 2.75) is 12.5 Å². The minimum absolute atomic E-state index is 0.0403. The fourth-order valence-electron chi connectivity index (χ4n) is 1.53. The van der Waals surface area contributed by atoms with Crippen LogP contribution >= 0.6 is 0 Å². The molecule has 1 aliphatic rings. The SMILES string of the molecule is O=C(Nc1cccc(F)c1)N[C@@H]1C[C@H]1CO. The number of benzene rings is 1. The van der Waals surface area contributed by atoms with Gasteiger partial charge in [0.2, 0.25) is 0 Å². The first-order chi connectivity index (χ1) is 7.69. The van der Waals surface area contributed by atoms with Crippen molar-refractivity contribution in [1.82, 2.24) is 5.32 Å². The number of carbonyl (C=O) groups is 1. The van der Waals surface area contributed by atoms with E-state index in [0.29, 0.717) is 5.69 Å². The number of aliphatic hydroxyl groups is 1. The largest absolute Gasteiger partial charge is 0.396 e. The third-order valence-electron chi connectivity index (χ3n) is 2.56. The lowest BCUT2D eigenvalue weighted by Crippen LogP contribution is -2.31. The molecule has 86 valence electrons. The Morgan fingerprint density at radius 1 is 1.56 bits per heavy atom. The summed E-state index contributed by atoms with van der Waals surface area (Å²) >= 11 is 0. The first kappa shape index (κ1) is 10.9. The van der Waals surface area contributed by atoms with Gasteiger partial charge in [-0.3, -0.25) is 0 Å². The van der Waals surface area contributed by atoms with Gasteiger partial charge in [-0.25, -0.2) is 9.18 Å². The molecule has 5 heteroatoms. The summed E-state index contributed by atoms with van der Waals surface area (Å²) < 4.78 is 12.8. The van der Waals surface area contributed by atoms with E-state index < -0.39 is 5.82 Å². The summed E-state index contributed by atoms with van der Waals surface area (Å²) in [6.45, 7) is 0.0882. The second kappa shape index (κ2) is 4.49. The van der Waals surface area contributed by atoms with Gasteiger partial charge in [0.1, 0.15) is 5.82 Å². The molecule has 4 nitrogen and oxygen atoms in total. The number of hydrogen-bond donors (Lipinski definition) is 3. The molecule has 0 aliphatic heterocycles. The van der Waals surface area contributed by atoms with E-state index >= 15 is 0 Å². The highest BCUT2D eigenvalue weighted by molar-refractivity contribution is 5.89. The maximum Gasteiger partial charge on any atom is 0.319 e. The third kappa shape index (κ3) is 2.70. The monoisotopic (exact) mass is 224 g/mol. The quantitative estimate of drug-likeness (QED) is 0.725. The van der Waals surface area contributed by atoms with Gasteiger partial charge in [0.05, 0.1) is 0 Å². The Morgan fingerprint density at radius 2 is 2.38 bits per heavy atom. The minimum Gasteiger partial charge on any atom is -0.396 e. The molecular formula is C11H13FN2O2. The number of amides is 2. The Balaban J connectivity index is 1.83. The highest BCUT2D eigenvalue weighted by Crippen LogP contribution is 2.29. The number of aliphatic hydroxyl groups excluding tert-OH is 1. The van der Waals surface area contributed by atoms with Crippen molar-refractivity contribution in [2.24, 2.45) is 5.92 Å². The van der Waals surface area contributed by atoms with Crippen molar-refractivity contribution < 1.29 is 14.3 Å². The lowest BCUT2D eigenvalue weighted by Gasteiger charge is -2.06.